The van der Waals surface area contributed by atoms with E-state index in [0.717, 1.165) is 5.56 Å². The van der Waals surface area contributed by atoms with Crippen molar-refractivity contribution >= 4 is 23.2 Å². The standard InChI is InChI=1S/C17H14ClFN4O/c1-10-6-7-12(18)8-15(10)20-17(24)16-11(2)23(22-21-16)14-5-3-4-13(19)9-14/h3-9H,1-2H3,(H,20,24). The molecule has 0 unspecified atom stereocenters. The molecule has 0 radical (unpaired) electrons. The number of rotatable bonds is 3. The number of hydrogen-bond acceptors (Lipinski definition) is 3. The van der Waals surface area contributed by atoms with Gasteiger partial charge in [-0.15, -0.1) is 5.10 Å². The topological polar surface area (TPSA) is 59.8 Å². The van der Waals surface area contributed by atoms with Crippen LogP contribution in [0.1, 0.15) is 21.7 Å². The first kappa shape index (κ1) is 16.1. The lowest BCUT2D eigenvalue weighted by atomic mass is 10.2. The molecule has 0 atom stereocenters. The van der Waals surface area contributed by atoms with Gasteiger partial charge in [0.25, 0.3) is 5.91 Å². The molecule has 0 fully saturated rings. The van der Waals surface area contributed by atoms with Crippen LogP contribution in [0, 0.1) is 19.7 Å². The van der Waals surface area contributed by atoms with E-state index in [4.69, 9.17) is 11.6 Å². The van der Waals surface area contributed by atoms with E-state index in [9.17, 15) is 9.18 Å². The first-order chi connectivity index (χ1) is 11.5. The molecule has 0 bridgehead atoms. The summed E-state index contributed by atoms with van der Waals surface area (Å²) in [5, 5.41) is 11.2. The molecule has 1 heterocycles. The highest BCUT2D eigenvalue weighted by atomic mass is 35.5. The second-order valence-electron chi connectivity index (χ2n) is 5.33. The van der Waals surface area contributed by atoms with E-state index in [2.05, 4.69) is 15.6 Å². The number of carbonyl (C=O) groups is 1. The van der Waals surface area contributed by atoms with Crippen LogP contribution in [0.15, 0.2) is 42.5 Å². The Hall–Kier alpha value is -2.73. The molecule has 1 amide bonds. The molecule has 7 heteroatoms. The lowest BCUT2D eigenvalue weighted by molar-refractivity contribution is 0.102. The quantitative estimate of drug-likeness (QED) is 0.783. The first-order valence-corrected chi connectivity index (χ1v) is 7.59. The van der Waals surface area contributed by atoms with Gasteiger partial charge in [-0.3, -0.25) is 4.79 Å². The third kappa shape index (κ3) is 3.14. The molecule has 122 valence electrons. The van der Waals surface area contributed by atoms with Crippen LogP contribution in [0.4, 0.5) is 10.1 Å². The van der Waals surface area contributed by atoms with Gasteiger partial charge in [0.1, 0.15) is 5.82 Å². The van der Waals surface area contributed by atoms with E-state index >= 15 is 0 Å². The average molecular weight is 345 g/mol. The van der Waals surface area contributed by atoms with E-state index in [1.165, 1.54) is 16.8 Å². The highest BCUT2D eigenvalue weighted by molar-refractivity contribution is 6.31. The van der Waals surface area contributed by atoms with Crippen LogP contribution in [0.3, 0.4) is 0 Å². The molecule has 0 spiro atoms. The van der Waals surface area contributed by atoms with E-state index in [-0.39, 0.29) is 11.5 Å². The summed E-state index contributed by atoms with van der Waals surface area (Å²) in [5.41, 5.74) is 2.66. The number of hydrogen-bond donors (Lipinski definition) is 1. The summed E-state index contributed by atoms with van der Waals surface area (Å²) < 4.78 is 14.8. The first-order valence-electron chi connectivity index (χ1n) is 7.21. The summed E-state index contributed by atoms with van der Waals surface area (Å²) in [6.45, 7) is 3.56. The SMILES string of the molecule is Cc1ccc(Cl)cc1NC(=O)c1nnn(-c2cccc(F)c2)c1C. The van der Waals surface area contributed by atoms with Crippen molar-refractivity contribution in [1.29, 1.82) is 0 Å². The predicted molar refractivity (Wildman–Crippen MR) is 90.2 cm³/mol. The molecule has 1 N–H and O–H groups in total. The number of halogens is 2. The summed E-state index contributed by atoms with van der Waals surface area (Å²) in [5.74, 6) is -0.788. The highest BCUT2D eigenvalue weighted by Crippen LogP contribution is 2.21. The smallest absolute Gasteiger partial charge is 0.278 e. The van der Waals surface area contributed by atoms with E-state index in [1.807, 2.05) is 13.0 Å². The number of aryl methyl sites for hydroxylation is 1. The molecular weight excluding hydrogens is 331 g/mol. The van der Waals surface area contributed by atoms with E-state index < -0.39 is 5.91 Å². The summed E-state index contributed by atoms with van der Waals surface area (Å²) in [6, 6.07) is 11.2. The number of nitrogens with one attached hydrogen (secondary N) is 1. The van der Waals surface area contributed by atoms with Crippen molar-refractivity contribution in [2.45, 2.75) is 13.8 Å². The summed E-state index contributed by atoms with van der Waals surface area (Å²) in [4.78, 5) is 12.5. The molecule has 0 aliphatic heterocycles. The minimum Gasteiger partial charge on any atom is -0.320 e. The van der Waals surface area contributed by atoms with Crippen LogP contribution in [-0.4, -0.2) is 20.9 Å². The Kier molecular flexibility index (Phi) is 4.31. The van der Waals surface area contributed by atoms with E-state index in [1.54, 1.807) is 31.2 Å². The van der Waals surface area contributed by atoms with Crippen LogP contribution in [0.5, 0.6) is 0 Å². The molecule has 3 rings (SSSR count). The predicted octanol–water partition coefficient (Wildman–Crippen LogP) is 3.93. The van der Waals surface area contributed by atoms with Crippen LogP contribution < -0.4 is 5.32 Å². The van der Waals surface area contributed by atoms with Gasteiger partial charge >= 0.3 is 0 Å². The zero-order valence-corrected chi connectivity index (χ0v) is 13.8. The van der Waals surface area contributed by atoms with Crippen molar-refractivity contribution < 1.29 is 9.18 Å². The van der Waals surface area contributed by atoms with Gasteiger partial charge in [0.05, 0.1) is 11.4 Å². The zero-order chi connectivity index (χ0) is 17.3. The summed E-state index contributed by atoms with van der Waals surface area (Å²) in [6.07, 6.45) is 0. The maximum absolute atomic E-state index is 13.4. The molecule has 5 nitrogen and oxygen atoms in total. The van der Waals surface area contributed by atoms with Crippen molar-refractivity contribution in [1.82, 2.24) is 15.0 Å². The lowest BCUT2D eigenvalue weighted by Gasteiger charge is -2.08. The minimum atomic E-state index is -0.402. The fourth-order valence-electron chi connectivity index (χ4n) is 2.30. The fourth-order valence-corrected chi connectivity index (χ4v) is 2.47. The highest BCUT2D eigenvalue weighted by Gasteiger charge is 2.18. The minimum absolute atomic E-state index is 0.165. The van der Waals surface area contributed by atoms with Gasteiger partial charge in [0.15, 0.2) is 5.69 Å². The number of anilines is 1. The molecule has 0 aliphatic rings. The van der Waals surface area contributed by atoms with Crippen LogP contribution in [-0.2, 0) is 0 Å². The second kappa shape index (κ2) is 6.41. The van der Waals surface area contributed by atoms with Gasteiger partial charge in [-0.2, -0.15) is 0 Å². The van der Waals surface area contributed by atoms with Crippen molar-refractivity contribution in [3.8, 4) is 5.69 Å². The maximum Gasteiger partial charge on any atom is 0.278 e. The average Bonchev–Trinajstić information content (AvgIpc) is 2.92. The molecule has 0 saturated heterocycles. The van der Waals surface area contributed by atoms with Gasteiger partial charge in [0, 0.05) is 10.7 Å². The van der Waals surface area contributed by atoms with Crippen molar-refractivity contribution in [3.05, 3.63) is 70.3 Å². The van der Waals surface area contributed by atoms with Gasteiger partial charge in [0.2, 0.25) is 0 Å². The summed E-state index contributed by atoms with van der Waals surface area (Å²) in [7, 11) is 0. The van der Waals surface area contributed by atoms with Crippen molar-refractivity contribution in [3.63, 3.8) is 0 Å². The third-order valence-corrected chi connectivity index (χ3v) is 3.85. The van der Waals surface area contributed by atoms with Gasteiger partial charge in [-0.1, -0.05) is 28.9 Å². The molecule has 0 aliphatic carbocycles. The van der Waals surface area contributed by atoms with Crippen LogP contribution in [0.25, 0.3) is 5.69 Å². The van der Waals surface area contributed by atoms with Gasteiger partial charge in [-0.05, 0) is 49.7 Å². The number of aromatic nitrogens is 3. The van der Waals surface area contributed by atoms with E-state index in [0.29, 0.717) is 22.1 Å². The van der Waals surface area contributed by atoms with Gasteiger partial charge < -0.3 is 5.32 Å². The largest absolute Gasteiger partial charge is 0.320 e. The number of amides is 1. The van der Waals surface area contributed by atoms with Gasteiger partial charge in [-0.25, -0.2) is 9.07 Å². The van der Waals surface area contributed by atoms with Crippen LogP contribution >= 0.6 is 11.6 Å². The fraction of sp³-hybridized carbons (Fsp3) is 0.118. The Bertz CT molecular complexity index is 923. The molecule has 0 saturated carbocycles. The lowest BCUT2D eigenvalue weighted by Crippen LogP contribution is -2.15. The Morgan fingerprint density at radius 1 is 1.21 bits per heavy atom. The molecule has 1 aromatic heterocycles. The molecular formula is C17H14ClFN4O. The Balaban J connectivity index is 1.90. The number of benzene rings is 2. The Morgan fingerprint density at radius 3 is 2.75 bits per heavy atom. The molecule has 3 aromatic rings. The monoisotopic (exact) mass is 344 g/mol. The Morgan fingerprint density at radius 2 is 2.00 bits per heavy atom. The normalized spacial score (nSPS) is 10.7. The molecule has 24 heavy (non-hydrogen) atoms. The Labute approximate surface area is 143 Å². The van der Waals surface area contributed by atoms with Crippen molar-refractivity contribution in [2.24, 2.45) is 0 Å². The number of carbonyl (C=O) groups excluding carboxylic acids is 1. The maximum atomic E-state index is 13.4. The molecule has 2 aromatic carbocycles. The van der Waals surface area contributed by atoms with Crippen LogP contribution in [0.2, 0.25) is 5.02 Å². The van der Waals surface area contributed by atoms with Crippen molar-refractivity contribution in [2.75, 3.05) is 5.32 Å². The zero-order valence-electron chi connectivity index (χ0n) is 13.0. The third-order valence-electron chi connectivity index (χ3n) is 3.61. The number of nitrogens with zero attached hydrogens (tertiary/aromatic N) is 3. The second-order valence-corrected chi connectivity index (χ2v) is 5.76. The summed E-state index contributed by atoms with van der Waals surface area (Å²) >= 11 is 5.96.